The second kappa shape index (κ2) is 8.56. The molecule has 0 aliphatic carbocycles. The molecule has 0 aromatic rings. The van der Waals surface area contributed by atoms with Crippen LogP contribution in [0.15, 0.2) is 11.8 Å². The lowest BCUT2D eigenvalue weighted by Gasteiger charge is -2.03. The van der Waals surface area contributed by atoms with Crippen LogP contribution in [0.2, 0.25) is 0 Å². The van der Waals surface area contributed by atoms with Crippen molar-refractivity contribution < 1.29 is 19.0 Å². The van der Waals surface area contributed by atoms with Gasteiger partial charge in [0, 0.05) is 6.61 Å². The van der Waals surface area contributed by atoms with E-state index in [1.807, 2.05) is 6.92 Å². The molecule has 14 heavy (non-hydrogen) atoms. The Morgan fingerprint density at radius 3 is 2.50 bits per heavy atom. The van der Waals surface area contributed by atoms with Gasteiger partial charge in [0.25, 0.3) is 0 Å². The lowest BCUT2D eigenvalue weighted by Crippen LogP contribution is -2.06. The zero-order chi connectivity index (χ0) is 10.8. The van der Waals surface area contributed by atoms with E-state index in [0.717, 1.165) is 0 Å². The summed E-state index contributed by atoms with van der Waals surface area (Å²) in [4.78, 5) is 11.1. The molecule has 0 aromatic carbocycles. The highest BCUT2D eigenvalue weighted by atomic mass is 16.5. The van der Waals surface area contributed by atoms with E-state index in [9.17, 15) is 4.79 Å². The zero-order valence-corrected chi connectivity index (χ0v) is 9.04. The standard InChI is InChI=1S/C10H18O4/c1-4-12-6-7-13-8-9(3)10(11)14-5-2/h8H,4-7H2,1-3H3. The van der Waals surface area contributed by atoms with Gasteiger partial charge >= 0.3 is 5.97 Å². The van der Waals surface area contributed by atoms with Crippen molar-refractivity contribution in [1.29, 1.82) is 0 Å². The average molecular weight is 202 g/mol. The number of esters is 1. The van der Waals surface area contributed by atoms with Gasteiger partial charge in [-0.2, -0.15) is 0 Å². The number of hydrogen-bond donors (Lipinski definition) is 0. The maximum atomic E-state index is 11.1. The van der Waals surface area contributed by atoms with Gasteiger partial charge in [-0.05, 0) is 20.8 Å². The molecular weight excluding hydrogens is 184 g/mol. The van der Waals surface area contributed by atoms with E-state index >= 15 is 0 Å². The predicted octanol–water partition coefficient (Wildman–Crippen LogP) is 1.51. The van der Waals surface area contributed by atoms with E-state index in [1.165, 1.54) is 6.26 Å². The summed E-state index contributed by atoms with van der Waals surface area (Å²) in [5.41, 5.74) is 0.461. The highest BCUT2D eigenvalue weighted by Crippen LogP contribution is 1.96. The molecule has 0 bridgehead atoms. The molecular formula is C10H18O4. The summed E-state index contributed by atoms with van der Waals surface area (Å²) >= 11 is 0. The summed E-state index contributed by atoms with van der Waals surface area (Å²) in [6.45, 7) is 7.36. The van der Waals surface area contributed by atoms with Crippen molar-refractivity contribution in [3.8, 4) is 0 Å². The van der Waals surface area contributed by atoms with E-state index in [1.54, 1.807) is 13.8 Å². The minimum absolute atomic E-state index is 0.344. The lowest BCUT2D eigenvalue weighted by molar-refractivity contribution is -0.138. The first-order valence-corrected chi connectivity index (χ1v) is 4.75. The predicted molar refractivity (Wildman–Crippen MR) is 52.8 cm³/mol. The quantitative estimate of drug-likeness (QED) is 0.272. The van der Waals surface area contributed by atoms with E-state index in [-0.39, 0.29) is 5.97 Å². The normalized spacial score (nSPS) is 11.2. The van der Waals surface area contributed by atoms with Gasteiger partial charge in [0.2, 0.25) is 0 Å². The first kappa shape index (κ1) is 13.0. The fourth-order valence-electron chi connectivity index (χ4n) is 0.728. The number of carbonyl (C=O) groups is 1. The van der Waals surface area contributed by atoms with Gasteiger partial charge in [-0.15, -0.1) is 0 Å². The summed E-state index contributed by atoms with van der Waals surface area (Å²) < 4.78 is 14.9. The summed E-state index contributed by atoms with van der Waals surface area (Å²) in [5.74, 6) is -0.344. The van der Waals surface area contributed by atoms with Crippen LogP contribution in [-0.2, 0) is 19.0 Å². The SMILES string of the molecule is CCOCCOC=C(C)C(=O)OCC. The van der Waals surface area contributed by atoms with Crippen LogP contribution in [0, 0.1) is 0 Å². The van der Waals surface area contributed by atoms with E-state index in [2.05, 4.69) is 0 Å². The van der Waals surface area contributed by atoms with Crippen molar-refractivity contribution in [3.05, 3.63) is 11.8 Å². The molecule has 0 unspecified atom stereocenters. The van der Waals surface area contributed by atoms with E-state index in [0.29, 0.717) is 32.0 Å². The fourth-order valence-corrected chi connectivity index (χ4v) is 0.728. The van der Waals surface area contributed by atoms with Crippen LogP contribution in [0.1, 0.15) is 20.8 Å². The topological polar surface area (TPSA) is 44.8 Å². The molecule has 0 amide bonds. The van der Waals surface area contributed by atoms with E-state index in [4.69, 9.17) is 14.2 Å². The minimum Gasteiger partial charge on any atom is -0.498 e. The second-order valence-electron chi connectivity index (χ2n) is 2.59. The molecule has 0 aliphatic rings. The Kier molecular flexibility index (Phi) is 7.93. The smallest absolute Gasteiger partial charge is 0.336 e. The van der Waals surface area contributed by atoms with Gasteiger partial charge in [0.15, 0.2) is 0 Å². The summed E-state index contributed by atoms with van der Waals surface area (Å²) in [5, 5.41) is 0. The summed E-state index contributed by atoms with van der Waals surface area (Å²) in [6, 6.07) is 0. The first-order valence-electron chi connectivity index (χ1n) is 4.75. The fraction of sp³-hybridized carbons (Fsp3) is 0.700. The van der Waals surface area contributed by atoms with Crippen LogP contribution < -0.4 is 0 Å². The molecule has 0 rings (SSSR count). The number of ether oxygens (including phenoxy) is 3. The van der Waals surface area contributed by atoms with Gasteiger partial charge in [-0.25, -0.2) is 4.79 Å². The Morgan fingerprint density at radius 2 is 1.93 bits per heavy atom. The molecule has 0 aromatic heterocycles. The van der Waals surface area contributed by atoms with Crippen LogP contribution in [0.4, 0.5) is 0 Å². The van der Waals surface area contributed by atoms with Gasteiger partial charge in [-0.1, -0.05) is 0 Å². The highest BCUT2D eigenvalue weighted by Gasteiger charge is 2.03. The Bertz CT molecular complexity index is 187. The maximum Gasteiger partial charge on any atom is 0.336 e. The Labute approximate surface area is 84.8 Å². The molecule has 0 heterocycles. The summed E-state index contributed by atoms with van der Waals surface area (Å²) in [6.07, 6.45) is 1.40. The van der Waals surface area contributed by atoms with Crippen molar-refractivity contribution in [1.82, 2.24) is 0 Å². The van der Waals surface area contributed by atoms with Crippen molar-refractivity contribution in [3.63, 3.8) is 0 Å². The van der Waals surface area contributed by atoms with Gasteiger partial charge < -0.3 is 14.2 Å². The number of carbonyl (C=O) groups excluding carboxylic acids is 1. The molecule has 0 spiro atoms. The van der Waals surface area contributed by atoms with Crippen LogP contribution in [-0.4, -0.2) is 32.4 Å². The average Bonchev–Trinajstić information content (AvgIpc) is 2.17. The third-order valence-electron chi connectivity index (χ3n) is 1.41. The maximum absolute atomic E-state index is 11.1. The Balaban J connectivity index is 3.60. The van der Waals surface area contributed by atoms with Crippen molar-refractivity contribution >= 4 is 5.97 Å². The molecule has 0 saturated carbocycles. The van der Waals surface area contributed by atoms with E-state index < -0.39 is 0 Å². The zero-order valence-electron chi connectivity index (χ0n) is 9.04. The molecule has 0 fully saturated rings. The van der Waals surface area contributed by atoms with Crippen molar-refractivity contribution in [2.75, 3.05) is 26.4 Å². The molecule has 0 saturated heterocycles. The first-order chi connectivity index (χ1) is 6.72. The van der Waals surface area contributed by atoms with Gasteiger partial charge in [0.05, 0.1) is 25.0 Å². The van der Waals surface area contributed by atoms with Gasteiger partial charge in [0.1, 0.15) is 6.61 Å². The molecule has 0 aliphatic heterocycles. The largest absolute Gasteiger partial charge is 0.498 e. The number of hydrogen-bond acceptors (Lipinski definition) is 4. The molecule has 0 N–H and O–H groups in total. The van der Waals surface area contributed by atoms with Crippen LogP contribution in [0.3, 0.4) is 0 Å². The number of rotatable bonds is 7. The van der Waals surface area contributed by atoms with Gasteiger partial charge in [-0.3, -0.25) is 0 Å². The van der Waals surface area contributed by atoms with Crippen molar-refractivity contribution in [2.24, 2.45) is 0 Å². The lowest BCUT2D eigenvalue weighted by atomic mass is 10.3. The molecule has 4 heteroatoms. The van der Waals surface area contributed by atoms with Crippen LogP contribution in [0.5, 0.6) is 0 Å². The van der Waals surface area contributed by atoms with Crippen LogP contribution in [0.25, 0.3) is 0 Å². The second-order valence-corrected chi connectivity index (χ2v) is 2.59. The molecule has 4 nitrogen and oxygen atoms in total. The molecule has 82 valence electrons. The Morgan fingerprint density at radius 1 is 1.21 bits per heavy atom. The minimum atomic E-state index is -0.344. The monoisotopic (exact) mass is 202 g/mol. The highest BCUT2D eigenvalue weighted by molar-refractivity contribution is 5.87. The summed E-state index contributed by atoms with van der Waals surface area (Å²) in [7, 11) is 0. The molecule has 0 radical (unpaired) electrons. The Hall–Kier alpha value is -1.03. The molecule has 0 atom stereocenters. The third kappa shape index (κ3) is 6.48. The van der Waals surface area contributed by atoms with Crippen LogP contribution >= 0.6 is 0 Å². The van der Waals surface area contributed by atoms with Crippen molar-refractivity contribution in [2.45, 2.75) is 20.8 Å². The third-order valence-corrected chi connectivity index (χ3v) is 1.41.